The Morgan fingerprint density at radius 2 is 2.12 bits per heavy atom. The molecule has 0 spiro atoms. The number of hydrogen-bond donors (Lipinski definition) is 1. The summed E-state index contributed by atoms with van der Waals surface area (Å²) in [4.78, 5) is 2.33. The Morgan fingerprint density at radius 1 is 1.38 bits per heavy atom. The zero-order valence-corrected chi connectivity index (χ0v) is 10.9. The van der Waals surface area contributed by atoms with Gasteiger partial charge >= 0.3 is 0 Å². The van der Waals surface area contributed by atoms with Crippen molar-refractivity contribution in [3.63, 3.8) is 0 Å². The number of furan rings is 1. The van der Waals surface area contributed by atoms with Gasteiger partial charge in [0.1, 0.15) is 0 Å². The van der Waals surface area contributed by atoms with Crippen molar-refractivity contribution in [1.82, 2.24) is 10.2 Å². The quantitative estimate of drug-likeness (QED) is 0.770. The normalized spacial score (nSPS) is 13.6. The molecule has 3 heteroatoms. The molecule has 1 rings (SSSR count). The van der Waals surface area contributed by atoms with Crippen LogP contribution in [-0.4, -0.2) is 31.1 Å². The smallest absolute Gasteiger partial charge is 0.0947 e. The minimum absolute atomic E-state index is 0.571. The van der Waals surface area contributed by atoms with E-state index in [9.17, 15) is 0 Å². The molecule has 16 heavy (non-hydrogen) atoms. The molecule has 1 unspecified atom stereocenters. The van der Waals surface area contributed by atoms with Gasteiger partial charge in [0.25, 0.3) is 0 Å². The van der Waals surface area contributed by atoms with Crippen LogP contribution in [0, 0.1) is 5.92 Å². The molecular formula is C13H24N2O. The maximum Gasteiger partial charge on any atom is 0.0947 e. The molecule has 0 amide bonds. The average Bonchev–Trinajstić information content (AvgIpc) is 2.67. The standard InChI is InChI=1S/C13H24N2O/c1-11(2)14-7-12(3)8-15(4)9-13-5-6-16-10-13/h5-6,10-12,14H,7-9H2,1-4H3. The van der Waals surface area contributed by atoms with Gasteiger partial charge in [0.2, 0.25) is 0 Å². The second-order valence-corrected chi connectivity index (χ2v) is 5.00. The summed E-state index contributed by atoms with van der Waals surface area (Å²) in [5, 5.41) is 3.46. The summed E-state index contributed by atoms with van der Waals surface area (Å²) in [5.41, 5.74) is 1.24. The van der Waals surface area contributed by atoms with Gasteiger partial charge in [-0.2, -0.15) is 0 Å². The summed E-state index contributed by atoms with van der Waals surface area (Å²) >= 11 is 0. The molecule has 1 heterocycles. The molecule has 0 radical (unpaired) electrons. The van der Waals surface area contributed by atoms with Crippen molar-refractivity contribution in [2.45, 2.75) is 33.4 Å². The SMILES string of the molecule is CC(CNC(C)C)CN(C)Cc1ccoc1. The maximum atomic E-state index is 5.06. The fourth-order valence-corrected chi connectivity index (χ4v) is 1.79. The van der Waals surface area contributed by atoms with Crippen molar-refractivity contribution >= 4 is 0 Å². The highest BCUT2D eigenvalue weighted by Crippen LogP contribution is 2.05. The van der Waals surface area contributed by atoms with Crippen LogP contribution in [0.2, 0.25) is 0 Å². The van der Waals surface area contributed by atoms with Crippen molar-refractivity contribution in [3.05, 3.63) is 24.2 Å². The number of hydrogen-bond acceptors (Lipinski definition) is 3. The van der Waals surface area contributed by atoms with Crippen LogP contribution in [0.3, 0.4) is 0 Å². The molecule has 0 saturated carbocycles. The van der Waals surface area contributed by atoms with E-state index in [1.807, 2.05) is 12.3 Å². The highest BCUT2D eigenvalue weighted by atomic mass is 16.3. The van der Waals surface area contributed by atoms with Gasteiger partial charge < -0.3 is 14.6 Å². The van der Waals surface area contributed by atoms with Crippen LogP contribution in [0.5, 0.6) is 0 Å². The molecule has 1 aromatic heterocycles. The molecule has 0 fully saturated rings. The molecule has 0 aliphatic heterocycles. The second-order valence-electron chi connectivity index (χ2n) is 5.00. The van der Waals surface area contributed by atoms with E-state index in [-0.39, 0.29) is 0 Å². The van der Waals surface area contributed by atoms with E-state index in [0.717, 1.165) is 19.6 Å². The largest absolute Gasteiger partial charge is 0.472 e. The van der Waals surface area contributed by atoms with Gasteiger partial charge in [-0.15, -0.1) is 0 Å². The number of nitrogens with zero attached hydrogens (tertiary/aromatic N) is 1. The monoisotopic (exact) mass is 224 g/mol. The van der Waals surface area contributed by atoms with E-state index >= 15 is 0 Å². The van der Waals surface area contributed by atoms with Crippen molar-refractivity contribution in [1.29, 1.82) is 0 Å². The number of rotatable bonds is 7. The van der Waals surface area contributed by atoms with Crippen LogP contribution < -0.4 is 5.32 Å². The first-order chi connectivity index (χ1) is 7.58. The van der Waals surface area contributed by atoms with Crippen molar-refractivity contribution < 1.29 is 4.42 Å². The first kappa shape index (κ1) is 13.3. The Morgan fingerprint density at radius 3 is 2.69 bits per heavy atom. The molecule has 3 nitrogen and oxygen atoms in total. The first-order valence-electron chi connectivity index (χ1n) is 6.01. The Bertz CT molecular complexity index is 269. The average molecular weight is 224 g/mol. The summed E-state index contributed by atoms with van der Waals surface area (Å²) in [5.74, 6) is 0.666. The van der Waals surface area contributed by atoms with E-state index < -0.39 is 0 Å². The molecule has 1 aromatic rings. The maximum absolute atomic E-state index is 5.06. The third kappa shape index (κ3) is 5.33. The van der Waals surface area contributed by atoms with Crippen LogP contribution in [0.15, 0.2) is 23.0 Å². The van der Waals surface area contributed by atoms with Crippen molar-refractivity contribution in [2.24, 2.45) is 5.92 Å². The van der Waals surface area contributed by atoms with Crippen molar-refractivity contribution in [2.75, 3.05) is 20.1 Å². The summed E-state index contributed by atoms with van der Waals surface area (Å²) in [6.07, 6.45) is 3.54. The Balaban J connectivity index is 2.20. The molecule has 1 N–H and O–H groups in total. The first-order valence-corrected chi connectivity index (χ1v) is 6.01. The van der Waals surface area contributed by atoms with Gasteiger partial charge in [-0.3, -0.25) is 0 Å². The lowest BCUT2D eigenvalue weighted by Gasteiger charge is -2.21. The van der Waals surface area contributed by atoms with Gasteiger partial charge in [0.15, 0.2) is 0 Å². The van der Waals surface area contributed by atoms with E-state index in [1.54, 1.807) is 6.26 Å². The number of nitrogens with one attached hydrogen (secondary N) is 1. The molecule has 0 bridgehead atoms. The zero-order chi connectivity index (χ0) is 12.0. The fourth-order valence-electron chi connectivity index (χ4n) is 1.79. The Labute approximate surface area is 98.8 Å². The minimum Gasteiger partial charge on any atom is -0.472 e. The van der Waals surface area contributed by atoms with Gasteiger partial charge in [-0.05, 0) is 25.6 Å². The van der Waals surface area contributed by atoms with Crippen LogP contribution in [-0.2, 0) is 6.54 Å². The Kier molecular flexibility index (Phi) is 5.56. The highest BCUT2D eigenvalue weighted by Gasteiger charge is 2.07. The van der Waals surface area contributed by atoms with Gasteiger partial charge in [0, 0.05) is 24.7 Å². The zero-order valence-electron chi connectivity index (χ0n) is 10.9. The van der Waals surface area contributed by atoms with E-state index in [4.69, 9.17) is 4.42 Å². The molecule has 92 valence electrons. The third-order valence-corrected chi connectivity index (χ3v) is 2.53. The summed E-state index contributed by atoms with van der Waals surface area (Å²) in [7, 11) is 2.15. The van der Waals surface area contributed by atoms with Crippen LogP contribution >= 0.6 is 0 Å². The molecule has 1 atom stereocenters. The van der Waals surface area contributed by atoms with Crippen LogP contribution in [0.25, 0.3) is 0 Å². The van der Waals surface area contributed by atoms with Crippen LogP contribution in [0.1, 0.15) is 26.3 Å². The third-order valence-electron chi connectivity index (χ3n) is 2.53. The predicted octanol–water partition coefficient (Wildman–Crippen LogP) is 2.35. The molecular weight excluding hydrogens is 200 g/mol. The van der Waals surface area contributed by atoms with Gasteiger partial charge in [-0.1, -0.05) is 20.8 Å². The van der Waals surface area contributed by atoms with Crippen molar-refractivity contribution in [3.8, 4) is 0 Å². The van der Waals surface area contributed by atoms with E-state index in [2.05, 4.69) is 38.0 Å². The lowest BCUT2D eigenvalue weighted by atomic mass is 10.1. The molecule has 0 aliphatic carbocycles. The van der Waals surface area contributed by atoms with E-state index in [1.165, 1.54) is 5.56 Å². The lowest BCUT2D eigenvalue weighted by molar-refractivity contribution is 0.270. The summed E-state index contributed by atoms with van der Waals surface area (Å²) in [6, 6.07) is 2.59. The Hall–Kier alpha value is -0.800. The lowest BCUT2D eigenvalue weighted by Crippen LogP contribution is -2.33. The summed E-state index contributed by atoms with van der Waals surface area (Å²) < 4.78 is 5.06. The second kappa shape index (κ2) is 6.71. The predicted molar refractivity (Wildman–Crippen MR) is 67.3 cm³/mol. The van der Waals surface area contributed by atoms with Gasteiger partial charge in [0.05, 0.1) is 12.5 Å². The molecule has 0 saturated heterocycles. The fraction of sp³-hybridized carbons (Fsp3) is 0.692. The van der Waals surface area contributed by atoms with Crippen LogP contribution in [0.4, 0.5) is 0 Å². The topological polar surface area (TPSA) is 28.4 Å². The summed E-state index contributed by atoms with van der Waals surface area (Å²) in [6.45, 7) is 9.78. The minimum atomic E-state index is 0.571. The molecule has 0 aromatic carbocycles. The molecule has 0 aliphatic rings. The van der Waals surface area contributed by atoms with E-state index in [0.29, 0.717) is 12.0 Å². The van der Waals surface area contributed by atoms with Gasteiger partial charge in [-0.25, -0.2) is 0 Å². The highest BCUT2D eigenvalue weighted by molar-refractivity contribution is 5.04.